The second kappa shape index (κ2) is 3.52. The molecule has 0 bridgehead atoms. The van der Waals surface area contributed by atoms with Crippen molar-refractivity contribution in [3.05, 3.63) is 42.5 Å². The number of nitrogens with zero attached hydrogens (tertiary/aromatic N) is 4. The number of rotatable bonds is 3. The molecule has 0 aliphatic carbocycles. The molecule has 5 nitrogen and oxygen atoms in total. The molecular formula is C11H12N4O. The fraction of sp³-hybridized carbons (Fsp3) is 0.273. The molecule has 1 saturated heterocycles. The van der Waals surface area contributed by atoms with E-state index in [1.54, 1.807) is 19.8 Å². The quantitative estimate of drug-likeness (QED) is 0.717. The molecule has 2 aromatic rings. The Hall–Kier alpha value is -2.04. The predicted octanol–water partition coefficient (Wildman–Crippen LogP) is 0.980. The molecule has 0 spiro atoms. The van der Waals surface area contributed by atoms with Gasteiger partial charge in [0.15, 0.2) is 0 Å². The molecule has 1 aromatic carbocycles. The van der Waals surface area contributed by atoms with Gasteiger partial charge in [-0.05, 0) is 17.7 Å². The van der Waals surface area contributed by atoms with Crippen LogP contribution in [-0.4, -0.2) is 28.5 Å². The van der Waals surface area contributed by atoms with Gasteiger partial charge in [0, 0.05) is 0 Å². The van der Waals surface area contributed by atoms with Crippen LogP contribution in [0.5, 0.6) is 5.75 Å². The van der Waals surface area contributed by atoms with Crippen LogP contribution in [0.4, 0.5) is 0 Å². The van der Waals surface area contributed by atoms with E-state index in [9.17, 15) is 0 Å². The SMILES string of the molecule is COc1ccc(C2CN2n2cnnc2)cc1. The van der Waals surface area contributed by atoms with E-state index in [-0.39, 0.29) is 0 Å². The molecule has 0 amide bonds. The highest BCUT2D eigenvalue weighted by Gasteiger charge is 2.36. The van der Waals surface area contributed by atoms with Gasteiger partial charge in [0.2, 0.25) is 0 Å². The van der Waals surface area contributed by atoms with Crippen molar-refractivity contribution in [2.45, 2.75) is 6.04 Å². The molecule has 1 aliphatic heterocycles. The van der Waals surface area contributed by atoms with Crippen LogP contribution in [0.3, 0.4) is 0 Å². The van der Waals surface area contributed by atoms with Gasteiger partial charge in [-0.1, -0.05) is 12.1 Å². The minimum Gasteiger partial charge on any atom is -0.497 e. The fourth-order valence-electron chi connectivity index (χ4n) is 1.82. The normalized spacial score (nSPS) is 18.6. The van der Waals surface area contributed by atoms with Crippen LogP contribution in [0, 0.1) is 0 Å². The van der Waals surface area contributed by atoms with Gasteiger partial charge in [-0.2, -0.15) is 0 Å². The molecule has 0 saturated carbocycles. The van der Waals surface area contributed by atoms with Crippen LogP contribution in [0.15, 0.2) is 36.9 Å². The number of aromatic nitrogens is 3. The van der Waals surface area contributed by atoms with Crippen molar-refractivity contribution in [1.82, 2.24) is 14.9 Å². The lowest BCUT2D eigenvalue weighted by Gasteiger charge is -2.05. The van der Waals surface area contributed by atoms with Crippen molar-refractivity contribution in [3.63, 3.8) is 0 Å². The summed E-state index contributed by atoms with van der Waals surface area (Å²) in [7, 11) is 1.68. The van der Waals surface area contributed by atoms with Crippen LogP contribution in [0.25, 0.3) is 0 Å². The minimum absolute atomic E-state index is 0.432. The van der Waals surface area contributed by atoms with Gasteiger partial charge in [-0.3, -0.25) is 5.01 Å². The van der Waals surface area contributed by atoms with Gasteiger partial charge in [0.1, 0.15) is 18.4 Å². The fourth-order valence-corrected chi connectivity index (χ4v) is 1.82. The van der Waals surface area contributed by atoms with Crippen LogP contribution >= 0.6 is 0 Å². The third-order valence-electron chi connectivity index (χ3n) is 2.79. The first-order valence-corrected chi connectivity index (χ1v) is 5.14. The van der Waals surface area contributed by atoms with E-state index in [0.717, 1.165) is 12.3 Å². The van der Waals surface area contributed by atoms with Crippen LogP contribution < -0.4 is 9.75 Å². The zero-order chi connectivity index (χ0) is 11.0. The summed E-state index contributed by atoms with van der Waals surface area (Å²) in [4.78, 5) is 0. The molecule has 0 radical (unpaired) electrons. The van der Waals surface area contributed by atoms with Crippen molar-refractivity contribution in [2.75, 3.05) is 18.7 Å². The second-order valence-electron chi connectivity index (χ2n) is 3.75. The standard InChI is InChI=1S/C11H12N4O/c1-16-10-4-2-9(3-5-10)11-6-15(11)14-7-12-13-8-14/h2-5,7-8,11H,6H2,1H3. The summed E-state index contributed by atoms with van der Waals surface area (Å²) in [6, 6.07) is 8.58. The number of benzene rings is 1. The highest BCUT2D eigenvalue weighted by atomic mass is 16.5. The molecule has 82 valence electrons. The lowest BCUT2D eigenvalue weighted by Crippen LogP contribution is -2.10. The molecule has 0 N–H and O–H groups in total. The Morgan fingerprint density at radius 1 is 1.19 bits per heavy atom. The molecule has 16 heavy (non-hydrogen) atoms. The van der Waals surface area contributed by atoms with E-state index in [1.807, 2.05) is 16.8 Å². The molecule has 3 rings (SSSR count). The first-order chi connectivity index (χ1) is 7.88. The van der Waals surface area contributed by atoms with Crippen molar-refractivity contribution < 1.29 is 4.74 Å². The maximum atomic E-state index is 5.13. The lowest BCUT2D eigenvalue weighted by molar-refractivity contribution is 0.414. The summed E-state index contributed by atoms with van der Waals surface area (Å²) in [6.45, 7) is 1.00. The van der Waals surface area contributed by atoms with Gasteiger partial charge in [-0.25, -0.2) is 4.68 Å². The van der Waals surface area contributed by atoms with E-state index < -0.39 is 0 Å². The Bertz CT molecular complexity index is 465. The van der Waals surface area contributed by atoms with Crippen molar-refractivity contribution in [3.8, 4) is 5.75 Å². The molecule has 1 atom stereocenters. The van der Waals surface area contributed by atoms with Crippen LogP contribution in [0.2, 0.25) is 0 Å². The van der Waals surface area contributed by atoms with E-state index in [2.05, 4.69) is 27.3 Å². The van der Waals surface area contributed by atoms with Gasteiger partial charge in [-0.15, -0.1) is 10.2 Å². The molecule has 1 fully saturated rings. The van der Waals surface area contributed by atoms with Gasteiger partial charge in [0.05, 0.1) is 19.7 Å². The van der Waals surface area contributed by atoms with E-state index in [1.165, 1.54) is 5.56 Å². The summed E-state index contributed by atoms with van der Waals surface area (Å²) >= 11 is 0. The number of ether oxygens (including phenoxy) is 1. The summed E-state index contributed by atoms with van der Waals surface area (Å²) in [6.07, 6.45) is 3.42. The predicted molar refractivity (Wildman–Crippen MR) is 58.8 cm³/mol. The second-order valence-corrected chi connectivity index (χ2v) is 3.75. The molecule has 1 aromatic heterocycles. The van der Waals surface area contributed by atoms with Crippen molar-refractivity contribution in [1.29, 1.82) is 0 Å². The number of hydrogen-bond donors (Lipinski definition) is 0. The summed E-state index contributed by atoms with van der Waals surface area (Å²) in [5, 5.41) is 9.76. The molecule has 1 unspecified atom stereocenters. The van der Waals surface area contributed by atoms with E-state index in [0.29, 0.717) is 6.04 Å². The van der Waals surface area contributed by atoms with Gasteiger partial charge < -0.3 is 4.74 Å². The van der Waals surface area contributed by atoms with E-state index >= 15 is 0 Å². The van der Waals surface area contributed by atoms with Crippen molar-refractivity contribution in [2.24, 2.45) is 0 Å². The summed E-state index contributed by atoms with van der Waals surface area (Å²) in [5.74, 6) is 0.889. The Labute approximate surface area is 93.2 Å². The zero-order valence-corrected chi connectivity index (χ0v) is 8.95. The molecule has 5 heteroatoms. The average Bonchev–Trinajstić information content (AvgIpc) is 2.95. The van der Waals surface area contributed by atoms with Crippen LogP contribution in [-0.2, 0) is 0 Å². The molecule has 2 heterocycles. The molecule has 1 aliphatic rings. The monoisotopic (exact) mass is 216 g/mol. The Morgan fingerprint density at radius 2 is 1.88 bits per heavy atom. The topological polar surface area (TPSA) is 43.0 Å². The third-order valence-corrected chi connectivity index (χ3v) is 2.79. The van der Waals surface area contributed by atoms with E-state index in [4.69, 9.17) is 4.74 Å². The minimum atomic E-state index is 0.432. The Morgan fingerprint density at radius 3 is 2.50 bits per heavy atom. The number of hydrogen-bond acceptors (Lipinski definition) is 4. The van der Waals surface area contributed by atoms with Crippen LogP contribution in [0.1, 0.15) is 11.6 Å². The van der Waals surface area contributed by atoms with Gasteiger partial charge in [0.25, 0.3) is 0 Å². The highest BCUT2D eigenvalue weighted by molar-refractivity contribution is 5.36. The molecular weight excluding hydrogens is 204 g/mol. The first-order valence-electron chi connectivity index (χ1n) is 5.14. The average molecular weight is 216 g/mol. The highest BCUT2D eigenvalue weighted by Crippen LogP contribution is 2.33. The maximum Gasteiger partial charge on any atom is 0.139 e. The van der Waals surface area contributed by atoms with Gasteiger partial charge >= 0.3 is 0 Å². The largest absolute Gasteiger partial charge is 0.497 e. The zero-order valence-electron chi connectivity index (χ0n) is 8.95. The third kappa shape index (κ3) is 1.50. The Balaban J connectivity index is 1.76. The smallest absolute Gasteiger partial charge is 0.139 e. The number of methoxy groups -OCH3 is 1. The summed E-state index contributed by atoms with van der Waals surface area (Å²) < 4.78 is 7.04. The van der Waals surface area contributed by atoms with Crippen molar-refractivity contribution >= 4 is 0 Å². The Kier molecular flexibility index (Phi) is 2.02. The lowest BCUT2D eigenvalue weighted by atomic mass is 10.1. The maximum absolute atomic E-state index is 5.13. The first kappa shape index (κ1) is 9.21. The summed E-state index contributed by atoms with van der Waals surface area (Å²) in [5.41, 5.74) is 1.29.